The quantitative estimate of drug-likeness (QED) is 0.337. The predicted octanol–water partition coefficient (Wildman–Crippen LogP) is -2.21. The lowest BCUT2D eigenvalue weighted by atomic mass is 9.79. The molecule has 0 aliphatic carbocycles. The highest BCUT2D eigenvalue weighted by atomic mass is 16.4. The number of aliphatic hydroxyl groups excluding tert-OH is 3. The van der Waals surface area contributed by atoms with Gasteiger partial charge in [-0.2, -0.15) is 0 Å². The zero-order valence-corrected chi connectivity index (χ0v) is 8.95. The molecule has 0 saturated heterocycles. The van der Waals surface area contributed by atoms with E-state index in [9.17, 15) is 25.2 Å². The molecule has 6 nitrogen and oxygen atoms in total. The molecule has 0 aromatic carbocycles. The Morgan fingerprint density at radius 2 is 1.53 bits per heavy atom. The molecular weight excluding hydrogens is 204 g/mol. The Morgan fingerprint density at radius 1 is 1.13 bits per heavy atom. The van der Waals surface area contributed by atoms with Gasteiger partial charge in [0, 0.05) is 0 Å². The van der Waals surface area contributed by atoms with Crippen LogP contribution >= 0.6 is 0 Å². The average molecular weight is 222 g/mol. The molecule has 6 heteroatoms. The topological polar surface area (TPSA) is 118 Å². The number of rotatable bonds is 5. The van der Waals surface area contributed by atoms with Crippen LogP contribution < -0.4 is 0 Å². The van der Waals surface area contributed by atoms with E-state index in [2.05, 4.69) is 0 Å². The van der Waals surface area contributed by atoms with Gasteiger partial charge in [-0.3, -0.25) is 0 Å². The number of hydrogen-bond acceptors (Lipinski definition) is 6. The van der Waals surface area contributed by atoms with Crippen LogP contribution in [0.2, 0.25) is 0 Å². The van der Waals surface area contributed by atoms with E-state index in [1.807, 2.05) is 0 Å². The van der Waals surface area contributed by atoms with Gasteiger partial charge >= 0.3 is 0 Å². The van der Waals surface area contributed by atoms with Crippen LogP contribution in [-0.4, -0.2) is 61.3 Å². The van der Waals surface area contributed by atoms with Crippen molar-refractivity contribution in [2.24, 2.45) is 0 Å². The summed E-state index contributed by atoms with van der Waals surface area (Å²) in [5.74, 6) is 0. The van der Waals surface area contributed by atoms with Gasteiger partial charge in [-0.1, -0.05) is 0 Å². The van der Waals surface area contributed by atoms with Gasteiger partial charge in [0.25, 0.3) is 0 Å². The number of hydrogen-bond donors (Lipinski definition) is 5. The summed E-state index contributed by atoms with van der Waals surface area (Å²) in [5, 5.41) is 47.0. The highest BCUT2D eigenvalue weighted by Crippen LogP contribution is 2.26. The third-order valence-electron chi connectivity index (χ3n) is 2.65. The van der Waals surface area contributed by atoms with E-state index in [0.717, 1.165) is 13.8 Å². The largest absolute Gasteiger partial charge is 0.391 e. The number of aldehydes is 1. The third kappa shape index (κ3) is 2.73. The molecule has 0 heterocycles. The van der Waals surface area contributed by atoms with Crippen molar-refractivity contribution in [3.8, 4) is 0 Å². The molecule has 0 aromatic heterocycles. The first kappa shape index (κ1) is 14.5. The number of aliphatic hydroxyl groups is 5. The van der Waals surface area contributed by atoms with Crippen molar-refractivity contribution < 1.29 is 30.3 Å². The van der Waals surface area contributed by atoms with Crippen LogP contribution in [0.25, 0.3) is 0 Å². The fraction of sp³-hybridized carbons (Fsp3) is 0.889. The van der Waals surface area contributed by atoms with E-state index in [0.29, 0.717) is 0 Å². The van der Waals surface area contributed by atoms with Crippen LogP contribution in [-0.2, 0) is 4.79 Å². The summed E-state index contributed by atoms with van der Waals surface area (Å²) in [4.78, 5) is 10.5. The lowest BCUT2D eigenvalue weighted by molar-refractivity contribution is -0.210. The van der Waals surface area contributed by atoms with Crippen molar-refractivity contribution in [3.63, 3.8) is 0 Å². The lowest BCUT2D eigenvalue weighted by Gasteiger charge is -2.40. The van der Waals surface area contributed by atoms with E-state index in [4.69, 9.17) is 5.11 Å². The molecule has 0 spiro atoms. The molecule has 0 bridgehead atoms. The van der Waals surface area contributed by atoms with Crippen molar-refractivity contribution in [2.75, 3.05) is 0 Å². The smallest absolute Gasteiger partial charge is 0.154 e. The maximum atomic E-state index is 10.5. The van der Waals surface area contributed by atoms with Crippen molar-refractivity contribution in [1.29, 1.82) is 0 Å². The lowest BCUT2D eigenvalue weighted by Crippen LogP contribution is -2.63. The molecule has 90 valence electrons. The van der Waals surface area contributed by atoms with E-state index < -0.39 is 29.5 Å². The minimum atomic E-state index is -2.26. The normalized spacial score (nSPS) is 25.9. The second-order valence-corrected chi connectivity index (χ2v) is 4.09. The molecule has 0 saturated carbocycles. The molecule has 5 unspecified atom stereocenters. The molecular formula is C9H18O6. The van der Waals surface area contributed by atoms with Gasteiger partial charge in [0.15, 0.2) is 6.29 Å². The van der Waals surface area contributed by atoms with Crippen LogP contribution in [0, 0.1) is 0 Å². The summed E-state index contributed by atoms with van der Waals surface area (Å²) in [6, 6.07) is 0. The molecule has 0 radical (unpaired) electrons. The molecule has 0 aliphatic rings. The SMILES string of the molecule is CC(O)C(O)C(O)C(C)(O)C(C)(O)C=O. The van der Waals surface area contributed by atoms with Crippen LogP contribution in [0.15, 0.2) is 0 Å². The molecule has 0 aromatic rings. The maximum Gasteiger partial charge on any atom is 0.154 e. The Morgan fingerprint density at radius 3 is 1.80 bits per heavy atom. The summed E-state index contributed by atoms with van der Waals surface area (Å²) >= 11 is 0. The Hall–Kier alpha value is -0.530. The van der Waals surface area contributed by atoms with Gasteiger partial charge in [0.1, 0.15) is 23.4 Å². The van der Waals surface area contributed by atoms with E-state index >= 15 is 0 Å². The van der Waals surface area contributed by atoms with Crippen LogP contribution in [0.4, 0.5) is 0 Å². The summed E-state index contributed by atoms with van der Waals surface area (Å²) in [6.07, 6.45) is -4.75. The first-order valence-electron chi connectivity index (χ1n) is 4.53. The Bertz CT molecular complexity index is 223. The monoisotopic (exact) mass is 222 g/mol. The van der Waals surface area contributed by atoms with Crippen LogP contribution in [0.3, 0.4) is 0 Å². The van der Waals surface area contributed by atoms with Crippen molar-refractivity contribution in [3.05, 3.63) is 0 Å². The third-order valence-corrected chi connectivity index (χ3v) is 2.65. The molecule has 0 rings (SSSR count). The maximum absolute atomic E-state index is 10.5. The van der Waals surface area contributed by atoms with Gasteiger partial charge in [-0.05, 0) is 20.8 Å². The summed E-state index contributed by atoms with van der Waals surface area (Å²) in [6.45, 7) is 3.20. The first-order valence-corrected chi connectivity index (χ1v) is 4.53. The minimum absolute atomic E-state index is 0.0605. The Labute approximate surface area is 87.8 Å². The van der Waals surface area contributed by atoms with E-state index in [1.54, 1.807) is 0 Å². The van der Waals surface area contributed by atoms with Gasteiger partial charge in [0.2, 0.25) is 0 Å². The first-order chi connectivity index (χ1) is 6.58. The highest BCUT2D eigenvalue weighted by Gasteiger charge is 2.50. The van der Waals surface area contributed by atoms with Gasteiger partial charge in [0.05, 0.1) is 6.10 Å². The molecule has 0 fully saturated rings. The summed E-state index contributed by atoms with van der Waals surface area (Å²) in [7, 11) is 0. The number of carbonyl (C=O) groups is 1. The van der Waals surface area contributed by atoms with Crippen molar-refractivity contribution >= 4 is 6.29 Å². The average Bonchev–Trinajstić information content (AvgIpc) is 2.14. The fourth-order valence-corrected chi connectivity index (χ4v) is 1.02. The Balaban J connectivity index is 4.95. The number of carbonyl (C=O) groups excluding carboxylic acids is 1. The van der Waals surface area contributed by atoms with Gasteiger partial charge < -0.3 is 30.3 Å². The fourth-order valence-electron chi connectivity index (χ4n) is 1.02. The molecule has 0 aliphatic heterocycles. The zero-order chi connectivity index (χ0) is 12.4. The standard InChI is InChI=1S/C9H18O6/c1-5(11)6(12)7(13)9(3,15)8(2,14)4-10/h4-7,11-15H,1-3H3. The van der Waals surface area contributed by atoms with E-state index in [-0.39, 0.29) is 6.29 Å². The van der Waals surface area contributed by atoms with E-state index in [1.165, 1.54) is 6.92 Å². The summed E-state index contributed by atoms with van der Waals surface area (Å²) in [5.41, 5.74) is -4.48. The minimum Gasteiger partial charge on any atom is -0.391 e. The summed E-state index contributed by atoms with van der Waals surface area (Å²) < 4.78 is 0. The zero-order valence-electron chi connectivity index (χ0n) is 8.95. The molecule has 0 amide bonds. The second kappa shape index (κ2) is 4.54. The van der Waals surface area contributed by atoms with Crippen LogP contribution in [0.5, 0.6) is 0 Å². The second-order valence-electron chi connectivity index (χ2n) is 4.09. The van der Waals surface area contributed by atoms with Gasteiger partial charge in [-0.15, -0.1) is 0 Å². The van der Waals surface area contributed by atoms with Gasteiger partial charge in [-0.25, -0.2) is 0 Å². The van der Waals surface area contributed by atoms with Crippen molar-refractivity contribution in [1.82, 2.24) is 0 Å². The predicted molar refractivity (Wildman–Crippen MR) is 51.0 cm³/mol. The molecule has 15 heavy (non-hydrogen) atoms. The van der Waals surface area contributed by atoms with Crippen molar-refractivity contribution in [2.45, 2.75) is 50.3 Å². The van der Waals surface area contributed by atoms with Crippen LogP contribution in [0.1, 0.15) is 20.8 Å². The highest BCUT2D eigenvalue weighted by molar-refractivity contribution is 5.64. The Kier molecular flexibility index (Phi) is 4.38. The molecule has 5 N–H and O–H groups in total. The molecule has 5 atom stereocenters.